The molecule has 0 aliphatic carbocycles. The summed E-state index contributed by atoms with van der Waals surface area (Å²) in [6.45, 7) is 0.195. The number of nitrogens with two attached hydrogens (primary N) is 1. The summed E-state index contributed by atoms with van der Waals surface area (Å²) in [5, 5.41) is 20.3. The largest absolute Gasteiger partial charge is 0.479 e. The van der Waals surface area contributed by atoms with Gasteiger partial charge in [-0.3, -0.25) is 4.57 Å². The molecule has 2 fully saturated rings. The number of hydrogen-bond acceptors (Lipinski definition) is 9. The van der Waals surface area contributed by atoms with Gasteiger partial charge in [0.25, 0.3) is 0 Å². The Morgan fingerprint density at radius 3 is 3.04 bits per heavy atom. The Bertz CT molecular complexity index is 752. The Balaban J connectivity index is 1.80. The number of aliphatic hydroxyl groups excluding tert-OH is 2. The second-order valence-electron chi connectivity index (χ2n) is 5.68. The van der Waals surface area contributed by atoms with Gasteiger partial charge in [0.05, 0.1) is 26.7 Å². The average molecular weight is 323 g/mol. The Kier molecular flexibility index (Phi) is 3.17. The summed E-state index contributed by atoms with van der Waals surface area (Å²) in [6.07, 6.45) is -0.382. The highest BCUT2D eigenvalue weighted by atomic mass is 16.6. The summed E-state index contributed by atoms with van der Waals surface area (Å²) >= 11 is 0. The van der Waals surface area contributed by atoms with Crippen LogP contribution in [0.5, 0.6) is 5.88 Å². The average Bonchev–Trinajstić information content (AvgIpc) is 3.20. The van der Waals surface area contributed by atoms with Crippen LogP contribution in [0.25, 0.3) is 11.2 Å². The van der Waals surface area contributed by atoms with Crippen LogP contribution in [0.4, 0.5) is 5.95 Å². The predicted molar refractivity (Wildman–Crippen MR) is 76.6 cm³/mol. The van der Waals surface area contributed by atoms with E-state index in [0.717, 1.165) is 0 Å². The van der Waals surface area contributed by atoms with Crippen molar-refractivity contribution in [2.24, 2.45) is 0 Å². The topological polar surface area (TPSA) is 138 Å². The minimum absolute atomic E-state index is 0.0249. The highest BCUT2D eigenvalue weighted by Crippen LogP contribution is 2.45. The number of aromatic nitrogens is 4. The monoisotopic (exact) mass is 323 g/mol. The Morgan fingerprint density at radius 2 is 2.35 bits per heavy atom. The molecule has 4 atom stereocenters. The molecule has 2 saturated heterocycles. The third-order valence-electron chi connectivity index (χ3n) is 4.44. The number of imidazole rings is 1. The highest BCUT2D eigenvalue weighted by Gasteiger charge is 2.59. The molecule has 2 aromatic rings. The molecule has 10 heteroatoms. The number of aliphatic hydroxyl groups is 2. The predicted octanol–water partition coefficient (Wildman–Crippen LogP) is -1.17. The van der Waals surface area contributed by atoms with Gasteiger partial charge in [-0.25, -0.2) is 4.98 Å². The summed E-state index contributed by atoms with van der Waals surface area (Å²) in [6, 6.07) is 0. The minimum Gasteiger partial charge on any atom is -0.479 e. The molecular formula is C13H17N5O5. The van der Waals surface area contributed by atoms with E-state index in [1.54, 1.807) is 4.57 Å². The van der Waals surface area contributed by atoms with E-state index >= 15 is 0 Å². The van der Waals surface area contributed by atoms with Gasteiger partial charge in [-0.15, -0.1) is 0 Å². The number of methoxy groups -OCH3 is 1. The maximum atomic E-state index is 10.6. The summed E-state index contributed by atoms with van der Waals surface area (Å²) in [5.74, 6) is 0.268. The van der Waals surface area contributed by atoms with Crippen LogP contribution in [0.2, 0.25) is 0 Å². The molecule has 0 amide bonds. The lowest BCUT2D eigenvalue weighted by Gasteiger charge is -2.24. The minimum atomic E-state index is -0.968. The normalized spacial score (nSPS) is 33.3. The van der Waals surface area contributed by atoms with E-state index in [9.17, 15) is 10.2 Å². The number of rotatable bonds is 3. The molecule has 2 aliphatic heterocycles. The van der Waals surface area contributed by atoms with E-state index in [1.807, 2.05) is 0 Å². The first kappa shape index (κ1) is 14.6. The fourth-order valence-corrected chi connectivity index (χ4v) is 3.31. The molecule has 0 unspecified atom stereocenters. The molecule has 4 heterocycles. The molecule has 2 aliphatic rings. The summed E-state index contributed by atoms with van der Waals surface area (Å²) in [7, 11) is 1.46. The van der Waals surface area contributed by atoms with E-state index in [0.29, 0.717) is 24.2 Å². The van der Waals surface area contributed by atoms with Gasteiger partial charge < -0.3 is 30.2 Å². The van der Waals surface area contributed by atoms with E-state index in [4.69, 9.17) is 19.9 Å². The third kappa shape index (κ3) is 1.92. The summed E-state index contributed by atoms with van der Waals surface area (Å²) in [4.78, 5) is 12.3. The quantitative estimate of drug-likeness (QED) is 0.637. The standard InChI is InChI=1S/C13H17N5O5/c1-21-10-6-9(16-12(14)17-10)18(5-15-6)11-7(20)8-13(4-19,23-11)2-3-22-8/h5,7-8,11,19-20H,2-4H2,1H3,(H2,14,16,17)/t7-,8+,11-,13-/m1/s1. The zero-order valence-corrected chi connectivity index (χ0v) is 12.4. The maximum Gasteiger partial charge on any atom is 0.246 e. The lowest BCUT2D eigenvalue weighted by molar-refractivity contribution is -0.108. The van der Waals surface area contributed by atoms with Crippen molar-refractivity contribution >= 4 is 17.1 Å². The van der Waals surface area contributed by atoms with Crippen molar-refractivity contribution in [3.63, 3.8) is 0 Å². The Hall–Kier alpha value is -2.01. The van der Waals surface area contributed by atoms with E-state index in [-0.39, 0.29) is 18.4 Å². The second-order valence-corrected chi connectivity index (χ2v) is 5.68. The molecule has 0 aromatic carbocycles. The molecule has 0 radical (unpaired) electrons. The molecule has 124 valence electrons. The van der Waals surface area contributed by atoms with Crippen molar-refractivity contribution in [3.8, 4) is 5.88 Å². The molecule has 4 rings (SSSR count). The van der Waals surface area contributed by atoms with Gasteiger partial charge >= 0.3 is 0 Å². The van der Waals surface area contributed by atoms with Gasteiger partial charge in [0.15, 0.2) is 17.4 Å². The van der Waals surface area contributed by atoms with Crippen molar-refractivity contribution in [1.29, 1.82) is 0 Å². The van der Waals surface area contributed by atoms with Crippen LogP contribution < -0.4 is 10.5 Å². The van der Waals surface area contributed by atoms with Gasteiger partial charge in [-0.1, -0.05) is 0 Å². The smallest absolute Gasteiger partial charge is 0.246 e. The highest BCUT2D eigenvalue weighted by molar-refractivity contribution is 5.77. The van der Waals surface area contributed by atoms with Gasteiger partial charge in [-0.2, -0.15) is 9.97 Å². The number of ether oxygens (including phenoxy) is 3. The van der Waals surface area contributed by atoms with E-state index < -0.39 is 24.0 Å². The van der Waals surface area contributed by atoms with E-state index in [2.05, 4.69) is 15.0 Å². The van der Waals surface area contributed by atoms with Crippen molar-refractivity contribution in [2.45, 2.75) is 30.5 Å². The van der Waals surface area contributed by atoms with Crippen molar-refractivity contribution in [3.05, 3.63) is 6.33 Å². The first-order valence-corrected chi connectivity index (χ1v) is 7.22. The zero-order chi connectivity index (χ0) is 16.2. The Labute approximate surface area is 130 Å². The van der Waals surface area contributed by atoms with Gasteiger partial charge in [0, 0.05) is 6.42 Å². The van der Waals surface area contributed by atoms with Crippen molar-refractivity contribution in [2.75, 3.05) is 26.1 Å². The van der Waals surface area contributed by atoms with Crippen LogP contribution in [0.3, 0.4) is 0 Å². The number of nitrogens with zero attached hydrogens (tertiary/aromatic N) is 4. The first-order chi connectivity index (χ1) is 11.1. The molecule has 4 N–H and O–H groups in total. The Morgan fingerprint density at radius 1 is 1.52 bits per heavy atom. The summed E-state index contributed by atoms with van der Waals surface area (Å²) in [5.41, 5.74) is 5.57. The number of nitrogen functional groups attached to an aromatic ring is 1. The molecular weight excluding hydrogens is 306 g/mol. The molecule has 2 aromatic heterocycles. The fourth-order valence-electron chi connectivity index (χ4n) is 3.31. The van der Waals surface area contributed by atoms with Crippen LogP contribution >= 0.6 is 0 Å². The third-order valence-corrected chi connectivity index (χ3v) is 4.44. The van der Waals surface area contributed by atoms with Crippen LogP contribution in [-0.4, -0.2) is 67.9 Å². The lowest BCUT2D eigenvalue weighted by Crippen LogP contribution is -2.42. The second kappa shape index (κ2) is 4.99. The van der Waals surface area contributed by atoms with Crippen LogP contribution in [-0.2, 0) is 9.47 Å². The fraction of sp³-hybridized carbons (Fsp3) is 0.615. The van der Waals surface area contributed by atoms with E-state index in [1.165, 1.54) is 13.4 Å². The van der Waals surface area contributed by atoms with Crippen molar-refractivity contribution in [1.82, 2.24) is 19.5 Å². The molecule has 23 heavy (non-hydrogen) atoms. The molecule has 0 spiro atoms. The number of anilines is 1. The number of fused-ring (bicyclic) bond motifs is 2. The van der Waals surface area contributed by atoms with Gasteiger partial charge in [-0.05, 0) is 0 Å². The molecule has 0 saturated carbocycles. The zero-order valence-electron chi connectivity index (χ0n) is 12.4. The van der Waals surface area contributed by atoms with Crippen LogP contribution in [0.1, 0.15) is 12.6 Å². The van der Waals surface area contributed by atoms with Crippen LogP contribution in [0, 0.1) is 0 Å². The number of hydrogen-bond donors (Lipinski definition) is 3. The van der Waals surface area contributed by atoms with Crippen LogP contribution in [0.15, 0.2) is 6.33 Å². The van der Waals surface area contributed by atoms with Crippen molar-refractivity contribution < 1.29 is 24.4 Å². The maximum absolute atomic E-state index is 10.6. The van der Waals surface area contributed by atoms with Gasteiger partial charge in [0.2, 0.25) is 11.8 Å². The SMILES string of the molecule is COc1nc(N)nc2c1ncn2[C@@H]1O[C@@]2(CO)CCO[C@H]2[C@H]1O. The summed E-state index contributed by atoms with van der Waals surface area (Å²) < 4.78 is 18.2. The lowest BCUT2D eigenvalue weighted by atomic mass is 9.95. The molecule has 10 nitrogen and oxygen atoms in total. The molecule has 0 bridgehead atoms. The first-order valence-electron chi connectivity index (χ1n) is 7.22. The van der Waals surface area contributed by atoms with Gasteiger partial charge in [0.1, 0.15) is 17.8 Å².